The summed E-state index contributed by atoms with van der Waals surface area (Å²) < 4.78 is 0. The molecule has 2 heterocycles. The van der Waals surface area contributed by atoms with Crippen molar-refractivity contribution in [1.29, 1.82) is 5.26 Å². The lowest BCUT2D eigenvalue weighted by atomic mass is 9.98. The summed E-state index contributed by atoms with van der Waals surface area (Å²) >= 11 is 0. The fourth-order valence-corrected chi connectivity index (χ4v) is 4.39. The van der Waals surface area contributed by atoms with Gasteiger partial charge in [-0.15, -0.1) is 0 Å². The number of rotatable bonds is 2. The Morgan fingerprint density at radius 2 is 2.05 bits per heavy atom. The number of allylic oxidation sites excluding steroid dienone is 1. The predicted octanol–water partition coefficient (Wildman–Crippen LogP) is 1.82. The van der Waals surface area contributed by atoms with Crippen LogP contribution >= 0.6 is 0 Å². The van der Waals surface area contributed by atoms with Crippen LogP contribution in [0.25, 0.3) is 0 Å². The van der Waals surface area contributed by atoms with Crippen LogP contribution in [0.2, 0.25) is 0 Å². The summed E-state index contributed by atoms with van der Waals surface area (Å²) in [6.07, 6.45) is 10.8. The van der Waals surface area contributed by atoms with E-state index in [0.29, 0.717) is 11.7 Å². The molecule has 4 unspecified atom stereocenters. The molecule has 5 heteroatoms. The summed E-state index contributed by atoms with van der Waals surface area (Å²) in [4.78, 5) is 13.4. The van der Waals surface area contributed by atoms with Gasteiger partial charge < -0.3 is 4.90 Å². The van der Waals surface area contributed by atoms with Gasteiger partial charge in [0.2, 0.25) is 0 Å². The Labute approximate surface area is 131 Å². The first-order chi connectivity index (χ1) is 10.8. The molecule has 0 N–H and O–H groups in total. The van der Waals surface area contributed by atoms with Crippen LogP contribution in [0.1, 0.15) is 25.5 Å². The fourth-order valence-electron chi connectivity index (χ4n) is 4.39. The Morgan fingerprint density at radius 1 is 1.18 bits per heavy atom. The Balaban J connectivity index is 1.49. The average Bonchev–Trinajstić information content (AvgIpc) is 3.18. The highest BCUT2D eigenvalue weighted by molar-refractivity contribution is 5.50. The molecule has 22 heavy (non-hydrogen) atoms. The van der Waals surface area contributed by atoms with E-state index in [4.69, 9.17) is 0 Å². The Bertz CT molecular complexity index is 634. The Kier molecular flexibility index (Phi) is 3.34. The van der Waals surface area contributed by atoms with Crippen molar-refractivity contribution in [3.63, 3.8) is 0 Å². The van der Waals surface area contributed by atoms with Crippen molar-refractivity contribution >= 4 is 5.82 Å². The molecule has 5 nitrogen and oxygen atoms in total. The first-order valence-corrected chi connectivity index (χ1v) is 8.16. The molecule has 4 atom stereocenters. The van der Waals surface area contributed by atoms with Crippen LogP contribution in [0.5, 0.6) is 0 Å². The van der Waals surface area contributed by atoms with Crippen LogP contribution in [0, 0.1) is 23.2 Å². The van der Waals surface area contributed by atoms with E-state index >= 15 is 0 Å². The minimum absolute atomic E-state index is 0.362. The standard InChI is InChI=1S/C17H21N5/c1-12-11-21(16-9-13-2-3-14(16)8-13)6-7-22(12)17-15(10-18)19-4-5-20-17/h2-5,12-14,16H,6-9,11H2,1H3. The summed E-state index contributed by atoms with van der Waals surface area (Å²) in [5.41, 5.74) is 0.436. The summed E-state index contributed by atoms with van der Waals surface area (Å²) in [6, 6.07) is 3.24. The maximum Gasteiger partial charge on any atom is 0.183 e. The van der Waals surface area contributed by atoms with Crippen LogP contribution in [-0.2, 0) is 0 Å². The third-order valence-electron chi connectivity index (χ3n) is 5.43. The molecule has 2 fully saturated rings. The van der Waals surface area contributed by atoms with Crippen LogP contribution in [0.4, 0.5) is 5.82 Å². The van der Waals surface area contributed by atoms with Crippen molar-refractivity contribution in [3.05, 3.63) is 30.2 Å². The van der Waals surface area contributed by atoms with Crippen molar-refractivity contribution in [1.82, 2.24) is 14.9 Å². The molecule has 0 amide bonds. The molecule has 1 aromatic heterocycles. The molecule has 114 valence electrons. The number of fused-ring (bicyclic) bond motifs is 2. The van der Waals surface area contributed by atoms with Crippen LogP contribution in [-0.4, -0.2) is 46.6 Å². The average molecular weight is 295 g/mol. The second-order valence-corrected chi connectivity index (χ2v) is 6.73. The van der Waals surface area contributed by atoms with Crippen molar-refractivity contribution in [3.8, 4) is 6.07 Å². The highest BCUT2D eigenvalue weighted by Crippen LogP contribution is 2.42. The van der Waals surface area contributed by atoms with E-state index < -0.39 is 0 Å². The van der Waals surface area contributed by atoms with Gasteiger partial charge in [0.1, 0.15) is 6.07 Å². The quantitative estimate of drug-likeness (QED) is 0.779. The number of piperazine rings is 1. The molecule has 4 rings (SSSR count). The normalized spacial score (nSPS) is 34.1. The van der Waals surface area contributed by atoms with Crippen molar-refractivity contribution in [2.45, 2.75) is 31.8 Å². The molecule has 2 aliphatic carbocycles. The van der Waals surface area contributed by atoms with Crippen molar-refractivity contribution < 1.29 is 0 Å². The highest BCUT2D eigenvalue weighted by Gasteiger charge is 2.41. The zero-order valence-electron chi connectivity index (χ0n) is 12.9. The number of nitrogens with zero attached hydrogens (tertiary/aromatic N) is 5. The van der Waals surface area contributed by atoms with Gasteiger partial charge in [0.25, 0.3) is 0 Å². The molecular weight excluding hydrogens is 274 g/mol. The van der Waals surface area contributed by atoms with Crippen LogP contribution < -0.4 is 4.90 Å². The number of anilines is 1. The number of hydrogen-bond acceptors (Lipinski definition) is 5. The van der Waals surface area contributed by atoms with Crippen molar-refractivity contribution in [2.75, 3.05) is 24.5 Å². The SMILES string of the molecule is CC1CN(C2CC3C=CC2C3)CCN1c1nccnc1C#N. The summed E-state index contributed by atoms with van der Waals surface area (Å²) in [7, 11) is 0. The van der Waals surface area contributed by atoms with Crippen LogP contribution in [0.3, 0.4) is 0 Å². The second-order valence-electron chi connectivity index (χ2n) is 6.73. The summed E-state index contributed by atoms with van der Waals surface area (Å²) in [5, 5.41) is 9.23. The Morgan fingerprint density at radius 3 is 2.73 bits per heavy atom. The van der Waals surface area contributed by atoms with E-state index in [0.717, 1.165) is 43.3 Å². The zero-order valence-corrected chi connectivity index (χ0v) is 12.9. The van der Waals surface area contributed by atoms with E-state index in [9.17, 15) is 5.26 Å². The third-order valence-corrected chi connectivity index (χ3v) is 5.43. The third kappa shape index (κ3) is 2.19. The van der Waals surface area contributed by atoms with Gasteiger partial charge in [-0.1, -0.05) is 12.2 Å². The first-order valence-electron chi connectivity index (χ1n) is 8.16. The smallest absolute Gasteiger partial charge is 0.183 e. The number of aromatic nitrogens is 2. The van der Waals surface area contributed by atoms with Gasteiger partial charge in [-0.3, -0.25) is 4.90 Å². The molecule has 2 bridgehead atoms. The summed E-state index contributed by atoms with van der Waals surface area (Å²) in [6.45, 7) is 5.24. The van der Waals surface area contributed by atoms with E-state index in [-0.39, 0.29) is 0 Å². The highest BCUT2D eigenvalue weighted by atomic mass is 15.3. The van der Waals surface area contributed by atoms with E-state index in [2.05, 4.69) is 44.9 Å². The summed E-state index contributed by atoms with van der Waals surface area (Å²) in [5.74, 6) is 2.31. The van der Waals surface area contributed by atoms with Gasteiger partial charge in [0.15, 0.2) is 11.5 Å². The minimum Gasteiger partial charge on any atom is -0.349 e. The lowest BCUT2D eigenvalue weighted by Crippen LogP contribution is -2.56. The van der Waals surface area contributed by atoms with E-state index in [1.807, 2.05) is 0 Å². The molecule has 0 spiro atoms. The molecule has 0 aromatic carbocycles. The largest absolute Gasteiger partial charge is 0.349 e. The molecule has 0 radical (unpaired) electrons. The molecule has 1 saturated heterocycles. The lowest BCUT2D eigenvalue weighted by Gasteiger charge is -2.44. The fraction of sp³-hybridized carbons (Fsp3) is 0.588. The van der Waals surface area contributed by atoms with Gasteiger partial charge in [0.05, 0.1) is 0 Å². The zero-order chi connectivity index (χ0) is 15.1. The van der Waals surface area contributed by atoms with Gasteiger partial charge in [-0.2, -0.15) is 5.26 Å². The van der Waals surface area contributed by atoms with Gasteiger partial charge in [0, 0.05) is 44.1 Å². The molecule has 1 aliphatic heterocycles. The molecule has 1 saturated carbocycles. The first kappa shape index (κ1) is 13.7. The van der Waals surface area contributed by atoms with Crippen LogP contribution in [0.15, 0.2) is 24.5 Å². The van der Waals surface area contributed by atoms with Gasteiger partial charge >= 0.3 is 0 Å². The second kappa shape index (κ2) is 5.36. The maximum absolute atomic E-state index is 9.23. The number of hydrogen-bond donors (Lipinski definition) is 0. The predicted molar refractivity (Wildman–Crippen MR) is 84.3 cm³/mol. The monoisotopic (exact) mass is 295 g/mol. The lowest BCUT2D eigenvalue weighted by molar-refractivity contribution is 0.144. The molecule has 3 aliphatic rings. The molecular formula is C17H21N5. The minimum atomic E-state index is 0.362. The number of nitriles is 1. The van der Waals surface area contributed by atoms with Crippen molar-refractivity contribution in [2.24, 2.45) is 11.8 Å². The maximum atomic E-state index is 9.23. The van der Waals surface area contributed by atoms with Gasteiger partial charge in [-0.25, -0.2) is 9.97 Å². The van der Waals surface area contributed by atoms with E-state index in [1.54, 1.807) is 12.4 Å². The molecule has 1 aromatic rings. The van der Waals surface area contributed by atoms with Gasteiger partial charge in [-0.05, 0) is 31.6 Å². The topological polar surface area (TPSA) is 56.1 Å². The van der Waals surface area contributed by atoms with E-state index in [1.165, 1.54) is 12.8 Å². The Hall–Kier alpha value is -1.93.